The maximum absolute atomic E-state index is 13.7. The van der Waals surface area contributed by atoms with E-state index in [2.05, 4.69) is 22.8 Å². The lowest BCUT2D eigenvalue weighted by Crippen LogP contribution is -2.46. The summed E-state index contributed by atoms with van der Waals surface area (Å²) in [6, 6.07) is 13.1. The van der Waals surface area contributed by atoms with Gasteiger partial charge in [-0.3, -0.25) is 0 Å². The molecule has 1 aliphatic heterocycles. The van der Waals surface area contributed by atoms with E-state index in [0.29, 0.717) is 12.1 Å². The Morgan fingerprint density at radius 1 is 1.23 bits per heavy atom. The number of guanidine groups is 1. The maximum Gasteiger partial charge on any atom is 0.192 e. The molecule has 1 aliphatic carbocycles. The Hall–Kier alpha value is -1.87. The highest BCUT2D eigenvalue weighted by Crippen LogP contribution is 2.46. The second-order valence-corrected chi connectivity index (χ2v) is 8.21. The van der Waals surface area contributed by atoms with Gasteiger partial charge in [0, 0.05) is 24.1 Å². The number of rotatable bonds is 5. The van der Waals surface area contributed by atoms with Crippen LogP contribution in [0, 0.1) is 5.82 Å². The lowest BCUT2D eigenvalue weighted by molar-refractivity contribution is 0.0396. The molecule has 1 heterocycles. The lowest BCUT2D eigenvalue weighted by atomic mass is 9.86. The minimum Gasteiger partial charge on any atom is -0.487 e. The van der Waals surface area contributed by atoms with Crippen molar-refractivity contribution in [1.82, 2.24) is 10.6 Å². The molecule has 2 aliphatic rings. The van der Waals surface area contributed by atoms with E-state index in [4.69, 9.17) is 9.73 Å². The van der Waals surface area contributed by atoms with Crippen LogP contribution in [0.5, 0.6) is 5.75 Å². The quantitative estimate of drug-likeness (QED) is 0.290. The number of nitrogens with zero attached hydrogens (tertiary/aromatic N) is 1. The highest BCUT2D eigenvalue weighted by Gasteiger charge is 2.43. The molecule has 5 nitrogen and oxygen atoms in total. The van der Waals surface area contributed by atoms with Crippen molar-refractivity contribution >= 4 is 29.9 Å². The van der Waals surface area contributed by atoms with Crippen LogP contribution < -0.4 is 15.4 Å². The topological polar surface area (TPSA) is 65.9 Å². The normalized spacial score (nSPS) is 19.3. The van der Waals surface area contributed by atoms with Gasteiger partial charge < -0.3 is 20.5 Å². The van der Waals surface area contributed by atoms with E-state index in [-0.39, 0.29) is 42.2 Å². The number of aliphatic hydroxyl groups is 1. The Morgan fingerprint density at radius 2 is 2.00 bits per heavy atom. The number of aliphatic imine (C=N–C) groups is 1. The van der Waals surface area contributed by atoms with Crippen LogP contribution in [-0.2, 0) is 13.2 Å². The number of para-hydroxylation sites is 1. The van der Waals surface area contributed by atoms with Crippen LogP contribution in [0.3, 0.4) is 0 Å². The van der Waals surface area contributed by atoms with E-state index < -0.39 is 5.82 Å². The fraction of sp³-hybridized carbons (Fsp3) is 0.458. The first-order chi connectivity index (χ1) is 14.6. The van der Waals surface area contributed by atoms with Gasteiger partial charge in [0.05, 0.1) is 19.2 Å². The van der Waals surface area contributed by atoms with E-state index >= 15 is 0 Å². The zero-order valence-corrected chi connectivity index (χ0v) is 20.2. The molecular formula is C24H31FIN3O2. The summed E-state index contributed by atoms with van der Waals surface area (Å²) in [7, 11) is 0. The molecule has 1 spiro atoms. The predicted octanol–water partition coefficient (Wildman–Crippen LogP) is 4.83. The minimum atomic E-state index is -0.393. The van der Waals surface area contributed by atoms with Crippen molar-refractivity contribution in [3.05, 3.63) is 65.0 Å². The average molecular weight is 539 g/mol. The third-order valence-corrected chi connectivity index (χ3v) is 6.07. The monoisotopic (exact) mass is 539 g/mol. The standard InChI is InChI=1S/C24H30FN3O2.HI/c1-2-26-23(27-15-17-9-10-20(25)18(13-17)16-29)28-21-14-24(11-5-6-12-24)30-22-8-4-3-7-19(21)22;/h3-4,7-10,13,21,29H,2,5-6,11-12,14-16H2,1H3,(H2,26,27,28);1H. The van der Waals surface area contributed by atoms with Crippen molar-refractivity contribution in [2.75, 3.05) is 6.54 Å². The van der Waals surface area contributed by atoms with Crippen molar-refractivity contribution in [1.29, 1.82) is 0 Å². The highest BCUT2D eigenvalue weighted by atomic mass is 127. The molecule has 31 heavy (non-hydrogen) atoms. The summed E-state index contributed by atoms with van der Waals surface area (Å²) in [5, 5.41) is 16.2. The molecule has 1 saturated carbocycles. The third kappa shape index (κ3) is 5.49. The molecule has 4 rings (SSSR count). The van der Waals surface area contributed by atoms with Crippen LogP contribution in [0.4, 0.5) is 4.39 Å². The Balaban J connectivity index is 0.00000272. The van der Waals surface area contributed by atoms with Crippen LogP contribution in [0.2, 0.25) is 0 Å². The SMILES string of the molecule is CCNC(=NCc1ccc(F)c(CO)c1)NC1CC2(CCCC2)Oc2ccccc21.I. The van der Waals surface area contributed by atoms with Gasteiger partial charge in [0.25, 0.3) is 0 Å². The van der Waals surface area contributed by atoms with Gasteiger partial charge in [0.1, 0.15) is 17.2 Å². The molecule has 0 radical (unpaired) electrons. The number of fused-ring (bicyclic) bond motifs is 1. The van der Waals surface area contributed by atoms with Crippen LogP contribution in [-0.4, -0.2) is 23.2 Å². The number of benzene rings is 2. The fourth-order valence-corrected chi connectivity index (χ4v) is 4.58. The fourth-order valence-electron chi connectivity index (χ4n) is 4.58. The molecule has 2 aromatic carbocycles. The van der Waals surface area contributed by atoms with E-state index in [9.17, 15) is 9.50 Å². The molecule has 0 saturated heterocycles. The second kappa shape index (κ2) is 10.6. The molecule has 7 heteroatoms. The largest absolute Gasteiger partial charge is 0.487 e. The maximum atomic E-state index is 13.7. The Labute approximate surface area is 200 Å². The summed E-state index contributed by atoms with van der Waals surface area (Å²) in [5.74, 6) is 1.29. The molecule has 2 aromatic rings. The van der Waals surface area contributed by atoms with Crippen molar-refractivity contribution in [2.45, 2.75) is 63.8 Å². The Bertz CT molecular complexity index is 915. The molecule has 1 fully saturated rings. The number of hydrogen-bond acceptors (Lipinski definition) is 3. The second-order valence-electron chi connectivity index (χ2n) is 8.21. The zero-order valence-electron chi connectivity index (χ0n) is 17.9. The molecule has 168 valence electrons. The van der Waals surface area contributed by atoms with E-state index in [0.717, 1.165) is 48.6 Å². The number of nitrogens with one attached hydrogen (secondary N) is 2. The van der Waals surface area contributed by atoms with Crippen LogP contribution in [0.15, 0.2) is 47.5 Å². The third-order valence-electron chi connectivity index (χ3n) is 6.07. The molecular weight excluding hydrogens is 508 g/mol. The Morgan fingerprint density at radius 3 is 2.74 bits per heavy atom. The van der Waals surface area contributed by atoms with E-state index in [1.807, 2.05) is 19.1 Å². The summed E-state index contributed by atoms with van der Waals surface area (Å²) in [4.78, 5) is 4.72. The summed E-state index contributed by atoms with van der Waals surface area (Å²) in [6.07, 6.45) is 5.51. The van der Waals surface area contributed by atoms with Gasteiger partial charge in [-0.2, -0.15) is 0 Å². The van der Waals surface area contributed by atoms with Gasteiger partial charge >= 0.3 is 0 Å². The average Bonchev–Trinajstić information content (AvgIpc) is 3.20. The van der Waals surface area contributed by atoms with Crippen LogP contribution >= 0.6 is 24.0 Å². The molecule has 0 aromatic heterocycles. The number of hydrogen-bond donors (Lipinski definition) is 3. The van der Waals surface area contributed by atoms with Crippen LogP contribution in [0.25, 0.3) is 0 Å². The number of ether oxygens (including phenoxy) is 1. The van der Waals surface area contributed by atoms with Gasteiger partial charge in [-0.15, -0.1) is 24.0 Å². The molecule has 1 atom stereocenters. The zero-order chi connectivity index (χ0) is 21.0. The van der Waals surface area contributed by atoms with Gasteiger partial charge in [-0.1, -0.05) is 24.3 Å². The van der Waals surface area contributed by atoms with Crippen molar-refractivity contribution in [3.8, 4) is 5.75 Å². The van der Waals surface area contributed by atoms with Gasteiger partial charge in [-0.05, 0) is 56.4 Å². The Kier molecular flexibility index (Phi) is 8.16. The molecule has 0 amide bonds. The first kappa shape index (κ1) is 23.8. The van der Waals surface area contributed by atoms with E-state index in [1.165, 1.54) is 18.9 Å². The van der Waals surface area contributed by atoms with Gasteiger partial charge in [0.2, 0.25) is 0 Å². The van der Waals surface area contributed by atoms with Gasteiger partial charge in [-0.25, -0.2) is 9.38 Å². The summed E-state index contributed by atoms with van der Waals surface area (Å²) in [6.45, 7) is 2.86. The van der Waals surface area contributed by atoms with Crippen LogP contribution in [0.1, 0.15) is 61.8 Å². The summed E-state index contributed by atoms with van der Waals surface area (Å²) in [5.41, 5.74) is 2.22. The number of halogens is 2. The highest BCUT2D eigenvalue weighted by molar-refractivity contribution is 14.0. The van der Waals surface area contributed by atoms with Crippen molar-refractivity contribution in [3.63, 3.8) is 0 Å². The van der Waals surface area contributed by atoms with Gasteiger partial charge in [0.15, 0.2) is 5.96 Å². The van der Waals surface area contributed by atoms with Crippen molar-refractivity contribution in [2.24, 2.45) is 4.99 Å². The molecule has 1 unspecified atom stereocenters. The predicted molar refractivity (Wildman–Crippen MR) is 131 cm³/mol. The lowest BCUT2D eigenvalue weighted by Gasteiger charge is -2.40. The van der Waals surface area contributed by atoms with E-state index in [1.54, 1.807) is 12.1 Å². The number of aliphatic hydroxyl groups excluding tert-OH is 1. The van der Waals surface area contributed by atoms with Crippen molar-refractivity contribution < 1.29 is 14.2 Å². The first-order valence-corrected chi connectivity index (χ1v) is 10.8. The first-order valence-electron chi connectivity index (χ1n) is 10.8. The molecule has 0 bridgehead atoms. The summed E-state index contributed by atoms with van der Waals surface area (Å²) >= 11 is 0. The summed E-state index contributed by atoms with van der Waals surface area (Å²) < 4.78 is 20.1. The smallest absolute Gasteiger partial charge is 0.192 e. The minimum absolute atomic E-state index is 0. The molecule has 3 N–H and O–H groups in total.